The van der Waals surface area contributed by atoms with Crippen LogP contribution in [0.15, 0.2) is 30.5 Å². The van der Waals surface area contributed by atoms with Crippen LogP contribution in [0.1, 0.15) is 19.4 Å². The van der Waals surface area contributed by atoms with E-state index in [2.05, 4.69) is 15.5 Å². The zero-order valence-electron chi connectivity index (χ0n) is 16.5. The van der Waals surface area contributed by atoms with Crippen LogP contribution in [0.3, 0.4) is 0 Å². The van der Waals surface area contributed by atoms with Crippen LogP contribution in [0.5, 0.6) is 5.75 Å². The largest absolute Gasteiger partial charge is 0.497 e. The molecule has 3 rings (SSSR count). The molecule has 9 heteroatoms. The van der Waals surface area contributed by atoms with E-state index in [0.29, 0.717) is 26.2 Å². The van der Waals surface area contributed by atoms with Gasteiger partial charge in [0.15, 0.2) is 0 Å². The second kappa shape index (κ2) is 9.04. The summed E-state index contributed by atoms with van der Waals surface area (Å²) in [5.41, 5.74) is 2.84. The highest BCUT2D eigenvalue weighted by Crippen LogP contribution is 2.24. The molecule has 0 spiro atoms. The van der Waals surface area contributed by atoms with Gasteiger partial charge >= 0.3 is 0 Å². The van der Waals surface area contributed by atoms with Crippen LogP contribution in [0, 0.1) is 0 Å². The minimum Gasteiger partial charge on any atom is -0.497 e. The van der Waals surface area contributed by atoms with Crippen molar-refractivity contribution in [3.05, 3.63) is 36.0 Å². The summed E-state index contributed by atoms with van der Waals surface area (Å²) < 4.78 is 37.6. The Morgan fingerprint density at radius 2 is 2.07 bits per heavy atom. The number of methoxy groups -OCH3 is 1. The van der Waals surface area contributed by atoms with Crippen molar-refractivity contribution in [3.63, 3.8) is 0 Å². The van der Waals surface area contributed by atoms with Gasteiger partial charge in [0.05, 0.1) is 37.0 Å². The summed E-state index contributed by atoms with van der Waals surface area (Å²) in [6.45, 7) is 5.51. The summed E-state index contributed by atoms with van der Waals surface area (Å²) in [5, 5.41) is 10.3. The molecule has 2 atom stereocenters. The van der Waals surface area contributed by atoms with Crippen molar-refractivity contribution in [1.82, 2.24) is 19.8 Å². The first-order valence-electron chi connectivity index (χ1n) is 9.39. The Morgan fingerprint density at radius 3 is 2.79 bits per heavy atom. The van der Waals surface area contributed by atoms with Crippen molar-refractivity contribution < 1.29 is 17.9 Å². The van der Waals surface area contributed by atoms with Crippen LogP contribution in [0.25, 0.3) is 11.3 Å². The smallest absolute Gasteiger partial charge is 0.215 e. The van der Waals surface area contributed by atoms with E-state index in [-0.39, 0.29) is 18.0 Å². The summed E-state index contributed by atoms with van der Waals surface area (Å²) in [5.74, 6) is 0.824. The number of morpholine rings is 1. The van der Waals surface area contributed by atoms with Gasteiger partial charge in [-0.05, 0) is 26.0 Å². The third kappa shape index (κ3) is 5.11. The Hall–Kier alpha value is -1.94. The fourth-order valence-electron chi connectivity index (χ4n) is 3.38. The third-order valence-corrected chi connectivity index (χ3v) is 6.51. The number of nitrogens with zero attached hydrogens (tertiary/aromatic N) is 2. The van der Waals surface area contributed by atoms with E-state index >= 15 is 0 Å². The van der Waals surface area contributed by atoms with E-state index < -0.39 is 10.0 Å². The summed E-state index contributed by atoms with van der Waals surface area (Å²) in [6, 6.07) is 7.71. The quantitative estimate of drug-likeness (QED) is 0.645. The van der Waals surface area contributed by atoms with Crippen LogP contribution in [0.4, 0.5) is 0 Å². The van der Waals surface area contributed by atoms with E-state index in [1.807, 2.05) is 38.1 Å². The molecule has 0 radical (unpaired) electrons. The van der Waals surface area contributed by atoms with Gasteiger partial charge in [-0.25, -0.2) is 8.42 Å². The van der Waals surface area contributed by atoms with Crippen molar-refractivity contribution in [3.8, 4) is 17.0 Å². The fourth-order valence-corrected chi connectivity index (χ4v) is 4.92. The monoisotopic (exact) mass is 408 g/mol. The van der Waals surface area contributed by atoms with Gasteiger partial charge in [0.2, 0.25) is 10.0 Å². The first-order chi connectivity index (χ1) is 13.4. The zero-order chi connectivity index (χ0) is 20.1. The number of aromatic amines is 1. The number of benzene rings is 1. The van der Waals surface area contributed by atoms with Crippen LogP contribution >= 0.6 is 0 Å². The predicted molar refractivity (Wildman–Crippen MR) is 108 cm³/mol. The molecule has 1 aliphatic rings. The van der Waals surface area contributed by atoms with Crippen molar-refractivity contribution in [2.75, 3.05) is 32.5 Å². The molecule has 0 aliphatic carbocycles. The lowest BCUT2D eigenvalue weighted by molar-refractivity contribution is -0.0440. The standard InChI is InChI=1S/C19H28N4O4S/c1-14-12-23(13-15(2)27-14)28(24,25)8-7-20-10-17-11-21-22-19(17)16-5-4-6-18(9-16)26-3/h4-6,9,11,14-15,20H,7-8,10,12-13H2,1-3H3,(H,21,22). The zero-order valence-corrected chi connectivity index (χ0v) is 17.3. The molecule has 0 bridgehead atoms. The van der Waals surface area contributed by atoms with Gasteiger partial charge in [0.25, 0.3) is 0 Å². The Labute approximate surface area is 166 Å². The maximum atomic E-state index is 12.6. The van der Waals surface area contributed by atoms with Crippen LogP contribution < -0.4 is 10.1 Å². The van der Waals surface area contributed by atoms with Gasteiger partial charge in [-0.15, -0.1) is 0 Å². The molecule has 2 aromatic rings. The molecule has 28 heavy (non-hydrogen) atoms. The SMILES string of the molecule is COc1cccc(-c2[nH]ncc2CNCCS(=O)(=O)N2CC(C)OC(C)C2)c1. The number of H-pyrrole nitrogens is 1. The van der Waals surface area contributed by atoms with Crippen molar-refractivity contribution in [2.45, 2.75) is 32.6 Å². The summed E-state index contributed by atoms with van der Waals surface area (Å²) in [6.07, 6.45) is 1.59. The van der Waals surface area contributed by atoms with Gasteiger partial charge < -0.3 is 14.8 Å². The van der Waals surface area contributed by atoms with E-state index in [0.717, 1.165) is 22.6 Å². The maximum Gasteiger partial charge on any atom is 0.215 e. The number of ether oxygens (including phenoxy) is 2. The second-order valence-corrected chi connectivity index (χ2v) is 9.16. The summed E-state index contributed by atoms with van der Waals surface area (Å²) in [4.78, 5) is 0. The highest BCUT2D eigenvalue weighted by atomic mass is 32.2. The van der Waals surface area contributed by atoms with Crippen LogP contribution in [-0.2, 0) is 21.3 Å². The van der Waals surface area contributed by atoms with Crippen LogP contribution in [-0.4, -0.2) is 67.6 Å². The molecule has 0 amide bonds. The topological polar surface area (TPSA) is 96.5 Å². The summed E-state index contributed by atoms with van der Waals surface area (Å²) >= 11 is 0. The van der Waals surface area contributed by atoms with Gasteiger partial charge in [0, 0.05) is 37.3 Å². The Balaban J connectivity index is 1.55. The number of hydrogen-bond acceptors (Lipinski definition) is 6. The number of sulfonamides is 1. The van der Waals surface area contributed by atoms with Crippen molar-refractivity contribution in [2.24, 2.45) is 0 Å². The minimum atomic E-state index is -3.31. The predicted octanol–water partition coefficient (Wildman–Crippen LogP) is 1.61. The molecule has 1 aromatic carbocycles. The number of nitrogens with one attached hydrogen (secondary N) is 2. The molecule has 1 aromatic heterocycles. The molecule has 2 unspecified atom stereocenters. The van der Waals surface area contributed by atoms with E-state index in [1.165, 1.54) is 4.31 Å². The van der Waals surface area contributed by atoms with Crippen molar-refractivity contribution in [1.29, 1.82) is 0 Å². The molecule has 154 valence electrons. The average molecular weight is 409 g/mol. The number of hydrogen-bond donors (Lipinski definition) is 2. The minimum absolute atomic E-state index is 0.0543. The maximum absolute atomic E-state index is 12.6. The van der Waals surface area contributed by atoms with Crippen molar-refractivity contribution >= 4 is 10.0 Å². The molecule has 1 aliphatic heterocycles. The number of rotatable bonds is 8. The molecular formula is C19H28N4O4S. The fraction of sp³-hybridized carbons (Fsp3) is 0.526. The average Bonchev–Trinajstić information content (AvgIpc) is 3.13. The number of aromatic nitrogens is 2. The highest BCUT2D eigenvalue weighted by molar-refractivity contribution is 7.89. The Morgan fingerprint density at radius 1 is 1.32 bits per heavy atom. The molecule has 1 fully saturated rings. The first kappa shape index (κ1) is 20.8. The molecule has 2 heterocycles. The lowest BCUT2D eigenvalue weighted by atomic mass is 10.1. The second-order valence-electron chi connectivity index (χ2n) is 7.07. The Kier molecular flexibility index (Phi) is 6.71. The first-order valence-corrected chi connectivity index (χ1v) is 11.0. The summed E-state index contributed by atoms with van der Waals surface area (Å²) in [7, 11) is -1.68. The van der Waals surface area contributed by atoms with Crippen LogP contribution in [0.2, 0.25) is 0 Å². The Bertz CT molecular complexity index is 874. The molecule has 8 nitrogen and oxygen atoms in total. The van der Waals surface area contributed by atoms with E-state index in [4.69, 9.17) is 9.47 Å². The molecule has 2 N–H and O–H groups in total. The lowest BCUT2D eigenvalue weighted by Crippen LogP contribution is -2.49. The molecule has 0 saturated carbocycles. The highest BCUT2D eigenvalue weighted by Gasteiger charge is 2.30. The molecule has 1 saturated heterocycles. The third-order valence-electron chi connectivity index (χ3n) is 4.71. The normalized spacial score (nSPS) is 21.0. The van der Waals surface area contributed by atoms with E-state index in [1.54, 1.807) is 13.3 Å². The van der Waals surface area contributed by atoms with Gasteiger partial charge in [-0.1, -0.05) is 12.1 Å². The molecular weight excluding hydrogens is 380 g/mol. The van der Waals surface area contributed by atoms with E-state index in [9.17, 15) is 8.42 Å². The van der Waals surface area contributed by atoms with Gasteiger partial charge in [-0.3, -0.25) is 5.10 Å². The lowest BCUT2D eigenvalue weighted by Gasteiger charge is -2.34. The van der Waals surface area contributed by atoms with Gasteiger partial charge in [-0.2, -0.15) is 9.40 Å². The van der Waals surface area contributed by atoms with Gasteiger partial charge in [0.1, 0.15) is 5.75 Å².